The highest BCUT2D eigenvalue weighted by Crippen LogP contribution is 2.46. The van der Waals surface area contributed by atoms with Crippen molar-refractivity contribution in [3.8, 4) is 0 Å². The summed E-state index contributed by atoms with van der Waals surface area (Å²) in [4.78, 5) is 44.2. The number of nitrogens with one attached hydrogen (secondary N) is 1. The van der Waals surface area contributed by atoms with E-state index < -0.39 is 11.5 Å². The summed E-state index contributed by atoms with van der Waals surface area (Å²) in [5.74, 6) is 0.327. The molecule has 4 atom stereocenters. The second-order valence-electron chi connectivity index (χ2n) is 10.0. The van der Waals surface area contributed by atoms with Crippen LogP contribution in [0.15, 0.2) is 54.6 Å². The van der Waals surface area contributed by atoms with Crippen molar-refractivity contribution in [2.24, 2.45) is 5.92 Å². The number of amides is 3. The Morgan fingerprint density at radius 2 is 1.73 bits per heavy atom. The first kappa shape index (κ1) is 20.5. The molecule has 3 aliphatic heterocycles. The summed E-state index contributed by atoms with van der Waals surface area (Å²) in [5, 5.41) is 3.01. The Hall–Kier alpha value is -3.15. The van der Waals surface area contributed by atoms with Crippen LogP contribution in [0.4, 0.5) is 5.69 Å². The predicted octanol–water partition coefficient (Wildman–Crippen LogP) is 3.58. The molecular formula is C27H29N3O3. The highest BCUT2D eigenvalue weighted by atomic mass is 16.2. The number of likely N-dealkylation sites (tertiary alicyclic amines) is 2. The first-order valence-electron chi connectivity index (χ1n) is 12.2. The van der Waals surface area contributed by atoms with Gasteiger partial charge in [0.1, 0.15) is 6.04 Å². The molecule has 170 valence electrons. The molecule has 6 heteroatoms. The molecule has 3 amide bonds. The van der Waals surface area contributed by atoms with Crippen LogP contribution in [0, 0.1) is 5.92 Å². The fourth-order valence-corrected chi connectivity index (χ4v) is 6.69. The molecule has 1 aliphatic carbocycles. The Morgan fingerprint density at radius 1 is 0.970 bits per heavy atom. The minimum atomic E-state index is -0.675. The lowest BCUT2D eigenvalue weighted by Crippen LogP contribution is -2.51. The highest BCUT2D eigenvalue weighted by molar-refractivity contribution is 6.07. The van der Waals surface area contributed by atoms with E-state index in [1.54, 1.807) is 0 Å². The number of hydrogen-bond acceptors (Lipinski definition) is 3. The molecule has 0 bridgehead atoms. The van der Waals surface area contributed by atoms with Crippen molar-refractivity contribution < 1.29 is 14.4 Å². The average molecular weight is 444 g/mol. The lowest BCUT2D eigenvalue weighted by molar-refractivity contribution is -0.135. The zero-order valence-corrected chi connectivity index (χ0v) is 18.7. The van der Waals surface area contributed by atoms with Crippen LogP contribution in [0.25, 0.3) is 0 Å². The lowest BCUT2D eigenvalue weighted by Gasteiger charge is -2.35. The highest BCUT2D eigenvalue weighted by Gasteiger charge is 2.55. The smallest absolute Gasteiger partial charge is 0.254 e. The monoisotopic (exact) mass is 443 g/mol. The van der Waals surface area contributed by atoms with Gasteiger partial charge in [0.2, 0.25) is 11.8 Å². The molecule has 0 radical (unpaired) electrons. The molecule has 3 fully saturated rings. The van der Waals surface area contributed by atoms with E-state index in [-0.39, 0.29) is 23.8 Å². The van der Waals surface area contributed by atoms with Crippen molar-refractivity contribution in [2.75, 3.05) is 18.4 Å². The molecule has 6 nitrogen and oxygen atoms in total. The van der Waals surface area contributed by atoms with E-state index in [0.29, 0.717) is 31.0 Å². The standard InChI is InChI=1S/C27H29N3O3/c31-24(18-8-2-1-3-9-18)30-22-13-7-4-10-19(22)16-23(30)25(32)29-15-14-27(17-29)20-11-5-6-12-21(20)28-26(27)33/h1-3,5-6,8-9,11-12,19,22-23H,4,7,10,13-17H2,(H,28,33)/t19-,22-,23-,27?/m0/s1. The van der Waals surface area contributed by atoms with Gasteiger partial charge in [0.15, 0.2) is 0 Å². The van der Waals surface area contributed by atoms with Gasteiger partial charge in [-0.3, -0.25) is 14.4 Å². The molecular weight excluding hydrogens is 414 g/mol. The molecule has 1 saturated carbocycles. The first-order valence-corrected chi connectivity index (χ1v) is 12.2. The fourth-order valence-electron chi connectivity index (χ4n) is 6.69. The number of anilines is 1. The zero-order chi connectivity index (χ0) is 22.6. The Bertz CT molecular complexity index is 1120. The van der Waals surface area contributed by atoms with E-state index >= 15 is 0 Å². The first-order chi connectivity index (χ1) is 16.1. The number of fused-ring (bicyclic) bond motifs is 3. The average Bonchev–Trinajstić information content (AvgIpc) is 3.54. The van der Waals surface area contributed by atoms with Crippen LogP contribution in [-0.2, 0) is 15.0 Å². The maximum atomic E-state index is 13.9. The molecule has 0 aromatic heterocycles. The Morgan fingerprint density at radius 3 is 2.58 bits per heavy atom. The van der Waals surface area contributed by atoms with Crippen molar-refractivity contribution in [1.82, 2.24) is 9.80 Å². The second kappa shape index (κ2) is 7.72. The van der Waals surface area contributed by atoms with Gasteiger partial charge < -0.3 is 15.1 Å². The Labute approximate surface area is 193 Å². The molecule has 33 heavy (non-hydrogen) atoms. The van der Waals surface area contributed by atoms with E-state index in [1.807, 2.05) is 64.4 Å². The van der Waals surface area contributed by atoms with E-state index in [2.05, 4.69) is 5.32 Å². The van der Waals surface area contributed by atoms with Crippen LogP contribution in [-0.4, -0.2) is 52.7 Å². The summed E-state index contributed by atoms with van der Waals surface area (Å²) in [6.45, 7) is 0.924. The van der Waals surface area contributed by atoms with Crippen LogP contribution < -0.4 is 5.32 Å². The third kappa shape index (κ3) is 3.10. The van der Waals surface area contributed by atoms with Gasteiger partial charge in [0, 0.05) is 30.4 Å². The van der Waals surface area contributed by atoms with Gasteiger partial charge in [-0.2, -0.15) is 0 Å². The van der Waals surface area contributed by atoms with Gasteiger partial charge in [-0.25, -0.2) is 0 Å². The number of carbonyl (C=O) groups excluding carboxylic acids is 3. The molecule has 2 aromatic rings. The van der Waals surface area contributed by atoms with Gasteiger partial charge in [0.25, 0.3) is 5.91 Å². The minimum Gasteiger partial charge on any atom is -0.339 e. The van der Waals surface area contributed by atoms with Gasteiger partial charge >= 0.3 is 0 Å². The summed E-state index contributed by atoms with van der Waals surface area (Å²) in [5.41, 5.74) is 1.81. The fraction of sp³-hybridized carbons (Fsp3) is 0.444. The van der Waals surface area contributed by atoms with Crippen molar-refractivity contribution >= 4 is 23.4 Å². The summed E-state index contributed by atoms with van der Waals surface area (Å²) >= 11 is 0. The zero-order valence-electron chi connectivity index (χ0n) is 18.7. The topological polar surface area (TPSA) is 69.7 Å². The van der Waals surface area contributed by atoms with Crippen molar-refractivity contribution in [3.05, 3.63) is 65.7 Å². The van der Waals surface area contributed by atoms with Gasteiger partial charge in [-0.1, -0.05) is 49.2 Å². The number of para-hydroxylation sites is 1. The van der Waals surface area contributed by atoms with E-state index in [9.17, 15) is 14.4 Å². The molecule has 2 saturated heterocycles. The van der Waals surface area contributed by atoms with Crippen LogP contribution >= 0.6 is 0 Å². The van der Waals surface area contributed by atoms with Crippen LogP contribution in [0.1, 0.15) is 54.4 Å². The Balaban J connectivity index is 1.29. The summed E-state index contributed by atoms with van der Waals surface area (Å²) in [7, 11) is 0. The van der Waals surface area contributed by atoms with Gasteiger partial charge in [-0.05, 0) is 55.4 Å². The predicted molar refractivity (Wildman–Crippen MR) is 125 cm³/mol. The molecule has 6 rings (SSSR count). The summed E-state index contributed by atoms with van der Waals surface area (Å²) in [6, 6.07) is 16.8. The van der Waals surface area contributed by atoms with Crippen molar-refractivity contribution in [3.63, 3.8) is 0 Å². The van der Waals surface area contributed by atoms with E-state index in [1.165, 1.54) is 6.42 Å². The van der Waals surface area contributed by atoms with Crippen LogP contribution in [0.2, 0.25) is 0 Å². The number of rotatable bonds is 2. The number of carbonyl (C=O) groups is 3. The number of hydrogen-bond donors (Lipinski definition) is 1. The van der Waals surface area contributed by atoms with Gasteiger partial charge in [-0.15, -0.1) is 0 Å². The van der Waals surface area contributed by atoms with Gasteiger partial charge in [0.05, 0.1) is 5.41 Å². The minimum absolute atomic E-state index is 0.00253. The maximum absolute atomic E-state index is 13.9. The second-order valence-corrected chi connectivity index (χ2v) is 10.0. The van der Waals surface area contributed by atoms with Crippen molar-refractivity contribution in [1.29, 1.82) is 0 Å². The molecule has 3 heterocycles. The summed E-state index contributed by atoms with van der Waals surface area (Å²) < 4.78 is 0. The van der Waals surface area contributed by atoms with E-state index in [0.717, 1.165) is 36.9 Å². The molecule has 1 spiro atoms. The van der Waals surface area contributed by atoms with Crippen LogP contribution in [0.3, 0.4) is 0 Å². The molecule has 1 N–H and O–H groups in total. The van der Waals surface area contributed by atoms with E-state index in [4.69, 9.17) is 0 Å². The quantitative estimate of drug-likeness (QED) is 0.771. The SMILES string of the molecule is O=C([C@@H]1C[C@@H]2CCCC[C@@H]2N1C(=O)c1ccccc1)N1CCC2(C1)C(=O)Nc1ccccc12. The third-order valence-corrected chi connectivity index (χ3v) is 8.33. The van der Waals surface area contributed by atoms with Crippen LogP contribution in [0.5, 0.6) is 0 Å². The largest absolute Gasteiger partial charge is 0.339 e. The molecule has 4 aliphatic rings. The number of nitrogens with zero attached hydrogens (tertiary/aromatic N) is 2. The van der Waals surface area contributed by atoms with Crippen molar-refractivity contribution in [2.45, 2.75) is 56.0 Å². The normalized spacial score (nSPS) is 30.3. The molecule has 1 unspecified atom stereocenters. The maximum Gasteiger partial charge on any atom is 0.254 e. The Kier molecular flexibility index (Phi) is 4.78. The third-order valence-electron chi connectivity index (χ3n) is 8.33. The summed E-state index contributed by atoms with van der Waals surface area (Å²) in [6.07, 6.45) is 5.66. The lowest BCUT2D eigenvalue weighted by atomic mass is 9.81. The molecule has 2 aromatic carbocycles. The number of benzene rings is 2.